The van der Waals surface area contributed by atoms with E-state index >= 15 is 0 Å². The van der Waals surface area contributed by atoms with Gasteiger partial charge < -0.3 is 19.4 Å². The lowest BCUT2D eigenvalue weighted by Crippen LogP contribution is -2.32. The van der Waals surface area contributed by atoms with Crippen molar-refractivity contribution in [3.63, 3.8) is 0 Å². The highest BCUT2D eigenvalue weighted by molar-refractivity contribution is 5.80. The van der Waals surface area contributed by atoms with E-state index in [9.17, 15) is 9.18 Å². The van der Waals surface area contributed by atoms with Crippen LogP contribution in [0.15, 0.2) is 54.9 Å². The number of halogens is 1. The lowest BCUT2D eigenvalue weighted by atomic mass is 10.0. The minimum Gasteiger partial charge on any atom is -0.497 e. The standard InChI is InChI=1S/C21H22FN3O3/c1-25-11-10-23-21(25)20(14-4-7-16(22)8-5-14)24-19(26)12-15-6-9-17(27-2)13-18(15)28-3/h4-11,13,20H,12H2,1-3H3,(H,24,26)/t20-/m0/s1. The van der Waals surface area contributed by atoms with Crippen LogP contribution < -0.4 is 14.8 Å². The Balaban J connectivity index is 1.84. The van der Waals surface area contributed by atoms with Crippen molar-refractivity contribution in [1.82, 2.24) is 14.9 Å². The summed E-state index contributed by atoms with van der Waals surface area (Å²) in [4.78, 5) is 17.1. The zero-order chi connectivity index (χ0) is 20.1. The van der Waals surface area contributed by atoms with E-state index in [2.05, 4.69) is 10.3 Å². The Hall–Kier alpha value is -3.35. The number of benzene rings is 2. The third-order valence-electron chi connectivity index (χ3n) is 4.47. The highest BCUT2D eigenvalue weighted by Crippen LogP contribution is 2.26. The van der Waals surface area contributed by atoms with Crippen LogP contribution in [0.25, 0.3) is 0 Å². The van der Waals surface area contributed by atoms with Crippen molar-refractivity contribution < 1.29 is 18.7 Å². The van der Waals surface area contributed by atoms with Gasteiger partial charge in [0.05, 0.1) is 20.6 Å². The average Bonchev–Trinajstić information content (AvgIpc) is 3.13. The fraction of sp³-hybridized carbons (Fsp3) is 0.238. The highest BCUT2D eigenvalue weighted by Gasteiger charge is 2.21. The van der Waals surface area contributed by atoms with Crippen molar-refractivity contribution in [1.29, 1.82) is 0 Å². The molecule has 1 amide bonds. The second kappa shape index (κ2) is 8.56. The summed E-state index contributed by atoms with van der Waals surface area (Å²) in [5.74, 6) is 1.34. The molecule has 0 aliphatic rings. The van der Waals surface area contributed by atoms with Crippen LogP contribution in [0.3, 0.4) is 0 Å². The van der Waals surface area contributed by atoms with Gasteiger partial charge >= 0.3 is 0 Å². The maximum atomic E-state index is 13.3. The van der Waals surface area contributed by atoms with Gasteiger partial charge in [-0.1, -0.05) is 18.2 Å². The molecule has 0 spiro atoms. The van der Waals surface area contributed by atoms with Crippen LogP contribution in [0.4, 0.5) is 4.39 Å². The Kier molecular flexibility index (Phi) is 5.93. The number of hydrogen-bond donors (Lipinski definition) is 1. The van der Waals surface area contributed by atoms with E-state index in [1.165, 1.54) is 12.1 Å². The molecule has 6 nitrogen and oxygen atoms in total. The summed E-state index contributed by atoms with van der Waals surface area (Å²) >= 11 is 0. The molecule has 1 atom stereocenters. The van der Waals surface area contributed by atoms with Gasteiger partial charge in [-0.25, -0.2) is 9.37 Å². The molecule has 7 heteroatoms. The molecule has 0 saturated heterocycles. The van der Waals surface area contributed by atoms with Gasteiger partial charge in [0.2, 0.25) is 5.91 Å². The van der Waals surface area contributed by atoms with Crippen molar-refractivity contribution >= 4 is 5.91 Å². The van der Waals surface area contributed by atoms with Gasteiger partial charge in [0.15, 0.2) is 0 Å². The third-order valence-corrected chi connectivity index (χ3v) is 4.47. The molecular formula is C21H22FN3O3. The summed E-state index contributed by atoms with van der Waals surface area (Å²) in [7, 11) is 4.96. The quantitative estimate of drug-likeness (QED) is 0.681. The average molecular weight is 383 g/mol. The summed E-state index contributed by atoms with van der Waals surface area (Å²) in [6, 6.07) is 10.8. The van der Waals surface area contributed by atoms with Crippen LogP contribution in [0.2, 0.25) is 0 Å². The summed E-state index contributed by atoms with van der Waals surface area (Å²) in [6.45, 7) is 0. The fourth-order valence-corrected chi connectivity index (χ4v) is 2.99. The van der Waals surface area contributed by atoms with Gasteiger partial charge in [0.25, 0.3) is 0 Å². The van der Waals surface area contributed by atoms with Gasteiger partial charge in [-0.15, -0.1) is 0 Å². The van der Waals surface area contributed by atoms with Crippen LogP contribution >= 0.6 is 0 Å². The number of aryl methyl sites for hydroxylation is 1. The number of ether oxygens (including phenoxy) is 2. The minimum absolute atomic E-state index is 0.120. The first-order valence-corrected chi connectivity index (χ1v) is 8.74. The van der Waals surface area contributed by atoms with E-state index in [1.54, 1.807) is 56.9 Å². The summed E-state index contributed by atoms with van der Waals surface area (Å²) < 4.78 is 25.7. The number of carbonyl (C=O) groups is 1. The summed E-state index contributed by atoms with van der Waals surface area (Å²) in [5.41, 5.74) is 1.48. The molecule has 0 bridgehead atoms. The Morgan fingerprint density at radius 1 is 1.18 bits per heavy atom. The summed E-state index contributed by atoms with van der Waals surface area (Å²) in [6.07, 6.45) is 3.57. The largest absolute Gasteiger partial charge is 0.497 e. The van der Waals surface area contributed by atoms with Gasteiger partial charge in [-0.05, 0) is 23.8 Å². The molecule has 1 heterocycles. The Morgan fingerprint density at radius 2 is 1.93 bits per heavy atom. The summed E-state index contributed by atoms with van der Waals surface area (Å²) in [5, 5.41) is 2.99. The Morgan fingerprint density at radius 3 is 2.54 bits per heavy atom. The SMILES string of the molecule is COc1ccc(CC(=O)N[C@@H](c2ccc(F)cc2)c2nccn2C)c(OC)c1. The molecule has 0 unspecified atom stereocenters. The first-order chi connectivity index (χ1) is 13.5. The van der Waals surface area contributed by atoms with E-state index in [0.717, 1.165) is 11.1 Å². The van der Waals surface area contributed by atoms with Crippen LogP contribution in [0, 0.1) is 5.82 Å². The second-order valence-corrected chi connectivity index (χ2v) is 6.30. The van der Waals surface area contributed by atoms with E-state index in [-0.39, 0.29) is 18.1 Å². The Labute approximate surface area is 162 Å². The van der Waals surface area contributed by atoms with Crippen LogP contribution in [0.1, 0.15) is 23.0 Å². The maximum Gasteiger partial charge on any atom is 0.225 e. The molecule has 146 valence electrons. The molecule has 3 rings (SSSR count). The lowest BCUT2D eigenvalue weighted by Gasteiger charge is -2.20. The molecule has 0 fully saturated rings. The molecule has 0 aliphatic heterocycles. The first kappa shape index (κ1) is 19.4. The predicted octanol–water partition coefficient (Wildman–Crippen LogP) is 3.02. The lowest BCUT2D eigenvalue weighted by molar-refractivity contribution is -0.121. The fourth-order valence-electron chi connectivity index (χ4n) is 2.99. The molecule has 1 N–H and O–H groups in total. The van der Waals surface area contributed by atoms with Gasteiger partial charge in [0, 0.05) is 31.1 Å². The second-order valence-electron chi connectivity index (χ2n) is 6.30. The molecule has 28 heavy (non-hydrogen) atoms. The normalized spacial score (nSPS) is 11.7. The van der Waals surface area contributed by atoms with E-state index in [1.807, 2.05) is 11.6 Å². The van der Waals surface area contributed by atoms with E-state index < -0.39 is 6.04 Å². The topological polar surface area (TPSA) is 65.4 Å². The molecule has 0 aliphatic carbocycles. The predicted molar refractivity (Wildman–Crippen MR) is 103 cm³/mol. The van der Waals surface area contributed by atoms with Gasteiger partial charge in [0.1, 0.15) is 29.2 Å². The highest BCUT2D eigenvalue weighted by atomic mass is 19.1. The molecule has 0 radical (unpaired) electrons. The molecule has 2 aromatic carbocycles. The molecule has 3 aromatic rings. The van der Waals surface area contributed by atoms with Gasteiger partial charge in [-0.2, -0.15) is 0 Å². The van der Waals surface area contributed by atoms with Crippen LogP contribution in [0.5, 0.6) is 11.5 Å². The zero-order valence-corrected chi connectivity index (χ0v) is 16.0. The van der Waals surface area contributed by atoms with Gasteiger partial charge in [-0.3, -0.25) is 4.79 Å². The van der Waals surface area contributed by atoms with Crippen LogP contribution in [-0.2, 0) is 18.3 Å². The van der Waals surface area contributed by atoms with Crippen molar-refractivity contribution in [2.24, 2.45) is 7.05 Å². The minimum atomic E-state index is -0.502. The number of imidazole rings is 1. The molecule has 1 aromatic heterocycles. The maximum absolute atomic E-state index is 13.3. The van der Waals surface area contributed by atoms with Crippen molar-refractivity contribution in [2.45, 2.75) is 12.5 Å². The zero-order valence-electron chi connectivity index (χ0n) is 16.0. The number of nitrogens with zero attached hydrogens (tertiary/aromatic N) is 2. The van der Waals surface area contributed by atoms with Crippen molar-refractivity contribution in [3.8, 4) is 11.5 Å². The van der Waals surface area contributed by atoms with Crippen molar-refractivity contribution in [2.75, 3.05) is 14.2 Å². The number of amides is 1. The number of hydrogen-bond acceptors (Lipinski definition) is 4. The number of nitrogens with one attached hydrogen (secondary N) is 1. The molecular weight excluding hydrogens is 361 g/mol. The smallest absolute Gasteiger partial charge is 0.225 e. The van der Waals surface area contributed by atoms with Crippen molar-refractivity contribution in [3.05, 3.63) is 77.6 Å². The number of carbonyl (C=O) groups excluding carboxylic acids is 1. The third kappa shape index (κ3) is 4.31. The molecule has 0 saturated carbocycles. The first-order valence-electron chi connectivity index (χ1n) is 8.74. The number of aromatic nitrogens is 2. The monoisotopic (exact) mass is 383 g/mol. The Bertz CT molecular complexity index is 954. The number of rotatable bonds is 7. The number of methoxy groups -OCH3 is 2. The van der Waals surface area contributed by atoms with E-state index in [0.29, 0.717) is 17.3 Å². The van der Waals surface area contributed by atoms with Crippen LogP contribution in [-0.4, -0.2) is 29.7 Å². The van der Waals surface area contributed by atoms with E-state index in [4.69, 9.17) is 9.47 Å².